The van der Waals surface area contributed by atoms with E-state index < -0.39 is 0 Å². The predicted molar refractivity (Wildman–Crippen MR) is 101 cm³/mol. The van der Waals surface area contributed by atoms with Gasteiger partial charge in [-0.15, -0.1) is 0 Å². The SMILES string of the molecule is O=C(CN1CCCc2ccccc21)NCCCOCc1ccccc1. The highest BCUT2D eigenvalue weighted by molar-refractivity contribution is 5.81. The van der Waals surface area contributed by atoms with E-state index >= 15 is 0 Å². The summed E-state index contributed by atoms with van der Waals surface area (Å²) in [6.07, 6.45) is 3.04. The molecule has 2 aromatic rings. The second-order valence-electron chi connectivity index (χ2n) is 6.40. The van der Waals surface area contributed by atoms with E-state index in [1.54, 1.807) is 0 Å². The summed E-state index contributed by atoms with van der Waals surface area (Å²) in [4.78, 5) is 14.4. The quantitative estimate of drug-likeness (QED) is 0.752. The average Bonchev–Trinajstić information content (AvgIpc) is 2.66. The zero-order chi connectivity index (χ0) is 17.3. The van der Waals surface area contributed by atoms with Gasteiger partial charge in [0.25, 0.3) is 0 Å². The number of nitrogens with one attached hydrogen (secondary N) is 1. The van der Waals surface area contributed by atoms with Crippen LogP contribution in [-0.2, 0) is 22.6 Å². The molecule has 0 saturated carbocycles. The molecule has 0 unspecified atom stereocenters. The molecular weight excluding hydrogens is 312 g/mol. The molecule has 0 aromatic heterocycles. The molecular formula is C21H26N2O2. The summed E-state index contributed by atoms with van der Waals surface area (Å²) in [5.41, 5.74) is 3.72. The Kier molecular flexibility index (Phi) is 6.46. The van der Waals surface area contributed by atoms with Crippen molar-refractivity contribution in [2.24, 2.45) is 0 Å². The van der Waals surface area contributed by atoms with Gasteiger partial charge in [-0.2, -0.15) is 0 Å². The van der Waals surface area contributed by atoms with E-state index in [1.807, 2.05) is 24.3 Å². The molecule has 1 heterocycles. The average molecular weight is 338 g/mol. The molecule has 1 aliphatic heterocycles. The largest absolute Gasteiger partial charge is 0.377 e. The Balaban J connectivity index is 1.32. The van der Waals surface area contributed by atoms with Crippen molar-refractivity contribution in [3.63, 3.8) is 0 Å². The molecule has 2 aromatic carbocycles. The van der Waals surface area contributed by atoms with Gasteiger partial charge in [-0.25, -0.2) is 0 Å². The minimum absolute atomic E-state index is 0.0831. The van der Waals surface area contributed by atoms with Gasteiger partial charge in [-0.1, -0.05) is 48.5 Å². The molecule has 0 aliphatic carbocycles. The number of hydrogen-bond acceptors (Lipinski definition) is 3. The standard InChI is InChI=1S/C21H26N2O2/c24-21(16-23-14-6-11-19-10-4-5-12-20(19)23)22-13-7-15-25-17-18-8-2-1-3-9-18/h1-5,8-10,12H,6-7,11,13-17H2,(H,22,24). The zero-order valence-electron chi connectivity index (χ0n) is 14.6. The van der Waals surface area contributed by atoms with Crippen molar-refractivity contribution in [1.82, 2.24) is 5.32 Å². The van der Waals surface area contributed by atoms with Gasteiger partial charge in [0, 0.05) is 25.4 Å². The normalized spacial score (nSPS) is 13.4. The summed E-state index contributed by atoms with van der Waals surface area (Å²) < 4.78 is 5.64. The van der Waals surface area contributed by atoms with E-state index in [2.05, 4.69) is 40.5 Å². The number of ether oxygens (including phenoxy) is 1. The van der Waals surface area contributed by atoms with Crippen LogP contribution in [0.4, 0.5) is 5.69 Å². The number of nitrogens with zero attached hydrogens (tertiary/aromatic N) is 1. The van der Waals surface area contributed by atoms with Crippen LogP contribution in [-0.4, -0.2) is 32.1 Å². The number of hydrogen-bond donors (Lipinski definition) is 1. The second kappa shape index (κ2) is 9.23. The molecule has 1 amide bonds. The van der Waals surface area contributed by atoms with Crippen LogP contribution in [0.5, 0.6) is 0 Å². The van der Waals surface area contributed by atoms with Gasteiger partial charge in [-0.3, -0.25) is 4.79 Å². The Labute approximate surface area is 149 Å². The van der Waals surface area contributed by atoms with Crippen LogP contribution in [0.1, 0.15) is 24.0 Å². The fourth-order valence-corrected chi connectivity index (χ4v) is 3.17. The van der Waals surface area contributed by atoms with E-state index in [1.165, 1.54) is 16.8 Å². The van der Waals surface area contributed by atoms with Crippen LogP contribution >= 0.6 is 0 Å². The first kappa shape index (κ1) is 17.5. The molecule has 4 nitrogen and oxygen atoms in total. The maximum absolute atomic E-state index is 12.2. The number of aryl methyl sites for hydroxylation is 1. The molecule has 1 aliphatic rings. The number of benzene rings is 2. The first-order valence-electron chi connectivity index (χ1n) is 9.04. The number of anilines is 1. The zero-order valence-corrected chi connectivity index (χ0v) is 14.6. The van der Waals surface area contributed by atoms with E-state index in [-0.39, 0.29) is 5.91 Å². The topological polar surface area (TPSA) is 41.6 Å². The minimum atomic E-state index is 0.0831. The fraction of sp³-hybridized carbons (Fsp3) is 0.381. The van der Waals surface area contributed by atoms with Gasteiger partial charge in [-0.05, 0) is 36.5 Å². The third-order valence-corrected chi connectivity index (χ3v) is 4.44. The number of carbonyl (C=O) groups is 1. The lowest BCUT2D eigenvalue weighted by molar-refractivity contribution is -0.119. The summed E-state index contributed by atoms with van der Waals surface area (Å²) in [5, 5.41) is 3.00. The van der Waals surface area contributed by atoms with E-state index in [4.69, 9.17) is 4.74 Å². The van der Waals surface area contributed by atoms with Crippen molar-refractivity contribution in [2.45, 2.75) is 25.9 Å². The number of carbonyl (C=O) groups excluding carboxylic acids is 1. The Morgan fingerprint density at radius 2 is 1.88 bits per heavy atom. The van der Waals surface area contributed by atoms with Crippen molar-refractivity contribution in [3.05, 3.63) is 65.7 Å². The predicted octanol–water partition coefficient (Wildman–Crippen LogP) is 3.16. The molecule has 3 rings (SSSR count). The Hall–Kier alpha value is -2.33. The second-order valence-corrected chi connectivity index (χ2v) is 6.40. The van der Waals surface area contributed by atoms with Crippen LogP contribution in [0.25, 0.3) is 0 Å². The highest BCUT2D eigenvalue weighted by Crippen LogP contribution is 2.26. The minimum Gasteiger partial charge on any atom is -0.377 e. The maximum Gasteiger partial charge on any atom is 0.239 e. The lowest BCUT2D eigenvalue weighted by atomic mass is 10.0. The van der Waals surface area contributed by atoms with Crippen LogP contribution in [0, 0.1) is 0 Å². The van der Waals surface area contributed by atoms with Gasteiger partial charge >= 0.3 is 0 Å². The van der Waals surface area contributed by atoms with Crippen molar-refractivity contribution >= 4 is 11.6 Å². The summed E-state index contributed by atoms with van der Waals surface area (Å²) in [7, 11) is 0. The molecule has 0 radical (unpaired) electrons. The van der Waals surface area contributed by atoms with Gasteiger partial charge in [0.15, 0.2) is 0 Å². The first-order chi connectivity index (χ1) is 12.3. The van der Waals surface area contributed by atoms with Crippen molar-refractivity contribution in [3.8, 4) is 0 Å². The molecule has 25 heavy (non-hydrogen) atoms. The van der Waals surface area contributed by atoms with Gasteiger partial charge in [0.05, 0.1) is 13.2 Å². The monoisotopic (exact) mass is 338 g/mol. The summed E-state index contributed by atoms with van der Waals surface area (Å²) in [5.74, 6) is 0.0831. The Bertz CT molecular complexity index is 673. The number of para-hydroxylation sites is 1. The van der Waals surface area contributed by atoms with Crippen LogP contribution < -0.4 is 10.2 Å². The number of amides is 1. The summed E-state index contributed by atoms with van der Waals surface area (Å²) in [6.45, 7) is 3.32. The first-order valence-corrected chi connectivity index (χ1v) is 9.04. The fourth-order valence-electron chi connectivity index (χ4n) is 3.17. The van der Waals surface area contributed by atoms with Gasteiger partial charge in [0.1, 0.15) is 0 Å². The molecule has 132 valence electrons. The van der Waals surface area contributed by atoms with Crippen LogP contribution in [0.2, 0.25) is 0 Å². The molecule has 0 fully saturated rings. The molecule has 1 N–H and O–H groups in total. The number of fused-ring (bicyclic) bond motifs is 1. The lowest BCUT2D eigenvalue weighted by Gasteiger charge is -2.30. The van der Waals surface area contributed by atoms with Crippen molar-refractivity contribution in [1.29, 1.82) is 0 Å². The van der Waals surface area contributed by atoms with E-state index in [0.29, 0.717) is 26.3 Å². The van der Waals surface area contributed by atoms with E-state index in [0.717, 1.165) is 25.8 Å². The third-order valence-electron chi connectivity index (χ3n) is 4.44. The van der Waals surface area contributed by atoms with Crippen molar-refractivity contribution < 1.29 is 9.53 Å². The Morgan fingerprint density at radius 1 is 1.08 bits per heavy atom. The molecule has 0 spiro atoms. The highest BCUT2D eigenvalue weighted by Gasteiger charge is 2.18. The highest BCUT2D eigenvalue weighted by atomic mass is 16.5. The van der Waals surface area contributed by atoms with Crippen molar-refractivity contribution in [2.75, 3.05) is 31.1 Å². The van der Waals surface area contributed by atoms with Crippen LogP contribution in [0.3, 0.4) is 0 Å². The van der Waals surface area contributed by atoms with Gasteiger partial charge < -0.3 is 15.0 Å². The molecule has 4 heteroatoms. The molecule has 0 atom stereocenters. The molecule has 0 saturated heterocycles. The summed E-state index contributed by atoms with van der Waals surface area (Å²) >= 11 is 0. The third kappa shape index (κ3) is 5.33. The van der Waals surface area contributed by atoms with Gasteiger partial charge in [0.2, 0.25) is 5.91 Å². The van der Waals surface area contributed by atoms with E-state index in [9.17, 15) is 4.79 Å². The lowest BCUT2D eigenvalue weighted by Crippen LogP contribution is -2.40. The molecule has 0 bridgehead atoms. The number of rotatable bonds is 8. The summed E-state index contributed by atoms with van der Waals surface area (Å²) in [6, 6.07) is 18.5. The Morgan fingerprint density at radius 3 is 2.76 bits per heavy atom. The smallest absolute Gasteiger partial charge is 0.239 e. The maximum atomic E-state index is 12.2. The van der Waals surface area contributed by atoms with Crippen LogP contribution in [0.15, 0.2) is 54.6 Å².